The van der Waals surface area contributed by atoms with Crippen molar-refractivity contribution in [3.05, 3.63) is 71.0 Å². The van der Waals surface area contributed by atoms with Gasteiger partial charge in [0.1, 0.15) is 12.4 Å². The Hall–Kier alpha value is -3.33. The number of halogens is 1. The summed E-state index contributed by atoms with van der Waals surface area (Å²) in [6, 6.07) is 13.8. The molecular formula is C21H20FNO4. The van der Waals surface area contributed by atoms with Crippen LogP contribution in [-0.4, -0.2) is 23.7 Å². The average Bonchev–Trinajstić information content (AvgIpc) is 2.66. The molecule has 0 aromatic heterocycles. The van der Waals surface area contributed by atoms with Crippen LogP contribution >= 0.6 is 0 Å². The number of alkyl carbamates (subject to hydrolysis) is 1. The molecule has 0 fully saturated rings. The van der Waals surface area contributed by atoms with Crippen molar-refractivity contribution < 1.29 is 23.8 Å². The van der Waals surface area contributed by atoms with Crippen molar-refractivity contribution in [2.45, 2.75) is 25.9 Å². The van der Waals surface area contributed by atoms with Gasteiger partial charge < -0.3 is 15.2 Å². The number of nitrogens with one attached hydrogen (secondary N) is 1. The minimum Gasteiger partial charge on any atom is -0.481 e. The molecule has 5 nitrogen and oxygen atoms in total. The number of ether oxygens (including phenoxy) is 1. The fraction of sp³-hybridized carbons (Fsp3) is 0.238. The first-order valence-corrected chi connectivity index (χ1v) is 8.48. The highest BCUT2D eigenvalue weighted by Crippen LogP contribution is 2.12. The van der Waals surface area contributed by atoms with Crippen molar-refractivity contribution in [2.75, 3.05) is 6.54 Å². The first-order chi connectivity index (χ1) is 13.0. The van der Waals surface area contributed by atoms with Crippen molar-refractivity contribution in [1.82, 2.24) is 5.32 Å². The predicted molar refractivity (Wildman–Crippen MR) is 98.5 cm³/mol. The van der Waals surface area contributed by atoms with Crippen LogP contribution < -0.4 is 5.32 Å². The van der Waals surface area contributed by atoms with Gasteiger partial charge in [-0.05, 0) is 29.7 Å². The third kappa shape index (κ3) is 7.61. The van der Waals surface area contributed by atoms with Gasteiger partial charge in [-0.25, -0.2) is 9.18 Å². The molecule has 0 aliphatic heterocycles. The van der Waals surface area contributed by atoms with Crippen LogP contribution in [0.25, 0.3) is 0 Å². The van der Waals surface area contributed by atoms with Gasteiger partial charge in [-0.3, -0.25) is 4.79 Å². The highest BCUT2D eigenvalue weighted by atomic mass is 19.1. The summed E-state index contributed by atoms with van der Waals surface area (Å²) >= 11 is 0. The second-order valence-electron chi connectivity index (χ2n) is 5.74. The molecule has 140 valence electrons. The topological polar surface area (TPSA) is 75.6 Å². The summed E-state index contributed by atoms with van der Waals surface area (Å²) in [5.74, 6) is 4.23. The third-order valence-corrected chi connectivity index (χ3v) is 3.63. The lowest BCUT2D eigenvalue weighted by Crippen LogP contribution is -2.24. The molecule has 0 bridgehead atoms. The Morgan fingerprint density at radius 1 is 1.15 bits per heavy atom. The van der Waals surface area contributed by atoms with Crippen LogP contribution in [0.5, 0.6) is 0 Å². The maximum atomic E-state index is 13.9. The van der Waals surface area contributed by atoms with E-state index in [1.165, 1.54) is 6.07 Å². The van der Waals surface area contributed by atoms with Crippen LogP contribution in [0.2, 0.25) is 0 Å². The molecular weight excluding hydrogens is 349 g/mol. The Kier molecular flexibility index (Phi) is 7.86. The number of amides is 1. The van der Waals surface area contributed by atoms with E-state index in [9.17, 15) is 14.0 Å². The number of rotatable bonds is 7. The molecule has 0 heterocycles. The van der Waals surface area contributed by atoms with Crippen LogP contribution in [0.4, 0.5) is 9.18 Å². The van der Waals surface area contributed by atoms with Gasteiger partial charge in [-0.2, -0.15) is 0 Å². The van der Waals surface area contributed by atoms with Gasteiger partial charge in [0.25, 0.3) is 0 Å². The van der Waals surface area contributed by atoms with Gasteiger partial charge in [-0.1, -0.05) is 48.2 Å². The Morgan fingerprint density at radius 2 is 1.93 bits per heavy atom. The van der Waals surface area contributed by atoms with Gasteiger partial charge in [0, 0.05) is 24.9 Å². The minimum atomic E-state index is -0.965. The van der Waals surface area contributed by atoms with E-state index in [4.69, 9.17) is 9.84 Å². The molecule has 2 N–H and O–H groups in total. The normalized spacial score (nSPS) is 9.81. The molecule has 2 rings (SSSR count). The second kappa shape index (κ2) is 10.6. The molecule has 0 radical (unpaired) electrons. The van der Waals surface area contributed by atoms with E-state index < -0.39 is 17.9 Å². The number of hydrogen-bond acceptors (Lipinski definition) is 3. The van der Waals surface area contributed by atoms with Gasteiger partial charge in [0.2, 0.25) is 0 Å². The van der Waals surface area contributed by atoms with Crippen LogP contribution in [0.1, 0.15) is 29.5 Å². The Morgan fingerprint density at radius 3 is 2.63 bits per heavy atom. The lowest BCUT2D eigenvalue weighted by atomic mass is 10.1. The molecule has 2 aromatic carbocycles. The van der Waals surface area contributed by atoms with Crippen molar-refractivity contribution in [3.63, 3.8) is 0 Å². The van der Waals surface area contributed by atoms with Crippen molar-refractivity contribution in [3.8, 4) is 11.8 Å². The number of benzene rings is 2. The fourth-order valence-electron chi connectivity index (χ4n) is 2.24. The monoisotopic (exact) mass is 369 g/mol. The van der Waals surface area contributed by atoms with Crippen molar-refractivity contribution in [2.24, 2.45) is 0 Å². The zero-order valence-corrected chi connectivity index (χ0v) is 14.7. The van der Waals surface area contributed by atoms with Gasteiger partial charge in [0.05, 0.1) is 0 Å². The third-order valence-electron chi connectivity index (χ3n) is 3.63. The number of aryl methyl sites for hydroxylation is 1. The number of hydrogen-bond donors (Lipinski definition) is 2. The van der Waals surface area contributed by atoms with E-state index in [0.717, 1.165) is 5.56 Å². The number of carbonyl (C=O) groups is 2. The lowest BCUT2D eigenvalue weighted by molar-refractivity contribution is -0.136. The summed E-state index contributed by atoms with van der Waals surface area (Å²) in [5.41, 5.74) is 1.75. The van der Waals surface area contributed by atoms with E-state index in [1.807, 2.05) is 30.3 Å². The molecule has 27 heavy (non-hydrogen) atoms. The van der Waals surface area contributed by atoms with Crippen molar-refractivity contribution >= 4 is 12.1 Å². The summed E-state index contributed by atoms with van der Waals surface area (Å²) in [7, 11) is 0. The molecule has 0 aliphatic rings. The van der Waals surface area contributed by atoms with Crippen LogP contribution in [0.3, 0.4) is 0 Å². The Labute approximate surface area is 157 Å². The molecule has 0 spiro atoms. The maximum absolute atomic E-state index is 13.9. The number of carboxylic acids is 1. The van der Waals surface area contributed by atoms with Gasteiger partial charge in [-0.15, -0.1) is 0 Å². The highest BCUT2D eigenvalue weighted by molar-refractivity contribution is 5.67. The fourth-order valence-corrected chi connectivity index (χ4v) is 2.24. The maximum Gasteiger partial charge on any atom is 0.407 e. The molecule has 6 heteroatoms. The summed E-state index contributed by atoms with van der Waals surface area (Å²) < 4.78 is 18.9. The molecule has 0 atom stereocenters. The lowest BCUT2D eigenvalue weighted by Gasteiger charge is -2.05. The van der Waals surface area contributed by atoms with Crippen LogP contribution in [-0.2, 0) is 22.6 Å². The smallest absolute Gasteiger partial charge is 0.407 e. The number of aliphatic carboxylic acids is 1. The summed E-state index contributed by atoms with van der Waals surface area (Å²) in [6.07, 6.45) is -0.102. The molecule has 0 unspecified atom stereocenters. The zero-order chi connectivity index (χ0) is 19.5. The van der Waals surface area contributed by atoms with Crippen molar-refractivity contribution in [1.29, 1.82) is 0 Å². The Bertz CT molecular complexity index is 840. The van der Waals surface area contributed by atoms with E-state index in [2.05, 4.69) is 17.2 Å². The molecule has 2 aromatic rings. The zero-order valence-electron chi connectivity index (χ0n) is 14.7. The van der Waals surface area contributed by atoms with E-state index in [-0.39, 0.29) is 19.4 Å². The average molecular weight is 369 g/mol. The second-order valence-corrected chi connectivity index (χ2v) is 5.74. The quantitative estimate of drug-likeness (QED) is 0.578. The van der Waals surface area contributed by atoms with Crippen LogP contribution in [0, 0.1) is 17.7 Å². The summed E-state index contributed by atoms with van der Waals surface area (Å²) in [4.78, 5) is 22.1. The van der Waals surface area contributed by atoms with Gasteiger partial charge in [0.15, 0.2) is 0 Å². The Balaban J connectivity index is 1.71. The van der Waals surface area contributed by atoms with E-state index >= 15 is 0 Å². The molecule has 1 amide bonds. The molecule has 0 aliphatic carbocycles. The summed E-state index contributed by atoms with van der Waals surface area (Å²) in [5, 5.41) is 11.2. The number of carboxylic acid groups (broad SMARTS) is 1. The standard InChI is InChI=1S/C21H20FNO4/c22-19-14-16(9-10-18(19)11-12-20(24)25)6-4-5-13-23-21(26)27-15-17-7-2-1-3-8-17/h1-3,7-10,14H,5,11-13,15H2,(H,23,26)(H,24,25). The first-order valence-electron chi connectivity index (χ1n) is 8.48. The first kappa shape index (κ1) is 20.0. The van der Waals surface area contributed by atoms with E-state index in [0.29, 0.717) is 24.1 Å². The predicted octanol–water partition coefficient (Wildman–Crippen LogP) is 3.51. The van der Waals surface area contributed by atoms with E-state index in [1.54, 1.807) is 12.1 Å². The molecule has 0 saturated carbocycles. The highest BCUT2D eigenvalue weighted by Gasteiger charge is 2.05. The number of carbonyl (C=O) groups excluding carboxylic acids is 1. The SMILES string of the molecule is O=C(O)CCc1ccc(C#CCCNC(=O)OCc2ccccc2)cc1F. The minimum absolute atomic E-state index is 0.117. The van der Waals surface area contributed by atoms with Gasteiger partial charge >= 0.3 is 12.1 Å². The largest absolute Gasteiger partial charge is 0.481 e. The summed E-state index contributed by atoms with van der Waals surface area (Å²) in [6.45, 7) is 0.520. The molecule has 0 saturated heterocycles. The van der Waals surface area contributed by atoms with Crippen LogP contribution in [0.15, 0.2) is 48.5 Å².